The van der Waals surface area contributed by atoms with Gasteiger partial charge in [0.1, 0.15) is 6.10 Å². The molecule has 1 aromatic carbocycles. The lowest BCUT2D eigenvalue weighted by molar-refractivity contribution is -0.159. The number of aliphatic hydroxyl groups is 1. The quantitative estimate of drug-likeness (QED) is 0.586. The lowest BCUT2D eigenvalue weighted by Crippen LogP contribution is -2.38. The van der Waals surface area contributed by atoms with Gasteiger partial charge in [0.2, 0.25) is 0 Å². The molecule has 0 amide bonds. The van der Waals surface area contributed by atoms with Gasteiger partial charge in [0.05, 0.1) is 29.3 Å². The molecule has 2 aromatic rings. The van der Waals surface area contributed by atoms with Crippen LogP contribution in [0.5, 0.6) is 0 Å². The summed E-state index contributed by atoms with van der Waals surface area (Å²) in [5, 5.41) is 10.9. The van der Waals surface area contributed by atoms with Crippen LogP contribution in [-0.2, 0) is 25.5 Å². The number of benzene rings is 1. The number of rotatable bonds is 8. The number of aliphatic hydroxyl groups excluding tert-OH is 1. The molecule has 0 radical (unpaired) electrons. The Balaban J connectivity index is 1.82. The van der Waals surface area contributed by atoms with Gasteiger partial charge < -0.3 is 14.6 Å². The van der Waals surface area contributed by atoms with Crippen LogP contribution in [0.2, 0.25) is 0 Å². The Labute approximate surface area is 190 Å². The van der Waals surface area contributed by atoms with E-state index in [9.17, 15) is 14.7 Å². The largest absolute Gasteiger partial charge is 0.466 e. The van der Waals surface area contributed by atoms with E-state index in [0.717, 1.165) is 28.6 Å². The fourth-order valence-corrected chi connectivity index (χ4v) is 4.59. The Kier molecular flexibility index (Phi) is 7.88. The fraction of sp³-hybridized carbons (Fsp3) is 0.577. The van der Waals surface area contributed by atoms with E-state index in [-0.39, 0.29) is 30.1 Å². The van der Waals surface area contributed by atoms with E-state index >= 15 is 0 Å². The normalized spacial score (nSPS) is 22.0. The smallest absolute Gasteiger partial charge is 0.312 e. The van der Waals surface area contributed by atoms with E-state index < -0.39 is 5.41 Å². The van der Waals surface area contributed by atoms with Crippen molar-refractivity contribution in [3.8, 4) is 0 Å². The molecular weight excluding hydrogens is 406 g/mol. The van der Waals surface area contributed by atoms with Gasteiger partial charge in [-0.2, -0.15) is 0 Å². The molecule has 1 fully saturated rings. The number of aromatic nitrogens is 1. The van der Waals surface area contributed by atoms with E-state index in [4.69, 9.17) is 14.5 Å². The molecule has 1 aliphatic carbocycles. The molecule has 0 bridgehead atoms. The Bertz CT molecular complexity index is 946. The number of carbonyl (C=O) groups is 2. The van der Waals surface area contributed by atoms with Crippen molar-refractivity contribution in [2.45, 2.75) is 78.4 Å². The molecule has 1 unspecified atom stereocenters. The first-order chi connectivity index (χ1) is 15.2. The summed E-state index contributed by atoms with van der Waals surface area (Å²) in [6.45, 7) is 7.62. The monoisotopic (exact) mass is 441 g/mol. The topological polar surface area (TPSA) is 85.7 Å². The lowest BCUT2D eigenvalue weighted by Gasteiger charge is -2.36. The van der Waals surface area contributed by atoms with Crippen LogP contribution in [0.4, 0.5) is 0 Å². The second-order valence-electron chi connectivity index (χ2n) is 9.27. The maximum absolute atomic E-state index is 12.8. The maximum atomic E-state index is 12.8. The minimum atomic E-state index is -0.530. The first kappa shape index (κ1) is 24.2. The van der Waals surface area contributed by atoms with Gasteiger partial charge in [0.25, 0.3) is 0 Å². The zero-order valence-electron chi connectivity index (χ0n) is 19.6. The summed E-state index contributed by atoms with van der Waals surface area (Å²) in [5.41, 5.74) is 2.16. The van der Waals surface area contributed by atoms with Crippen LogP contribution in [0, 0.1) is 11.3 Å². The number of hydrogen-bond donors (Lipinski definition) is 1. The van der Waals surface area contributed by atoms with Crippen LogP contribution in [0.1, 0.15) is 77.2 Å². The van der Waals surface area contributed by atoms with Gasteiger partial charge in [-0.1, -0.05) is 32.0 Å². The molecule has 1 N–H and O–H groups in total. The van der Waals surface area contributed by atoms with Gasteiger partial charge in [0.15, 0.2) is 0 Å². The Morgan fingerprint density at radius 3 is 2.50 bits per heavy atom. The highest BCUT2D eigenvalue weighted by atomic mass is 16.5. The number of hydrogen-bond acceptors (Lipinski definition) is 6. The van der Waals surface area contributed by atoms with Crippen molar-refractivity contribution < 1.29 is 24.2 Å². The molecule has 1 aromatic heterocycles. The summed E-state index contributed by atoms with van der Waals surface area (Å²) in [5.74, 6) is -0.353. The van der Waals surface area contributed by atoms with Crippen LogP contribution in [0.3, 0.4) is 0 Å². The first-order valence-corrected chi connectivity index (χ1v) is 11.7. The number of pyridine rings is 1. The fourth-order valence-electron chi connectivity index (χ4n) is 4.59. The van der Waals surface area contributed by atoms with Gasteiger partial charge in [-0.05, 0) is 69.1 Å². The Morgan fingerprint density at radius 1 is 1.19 bits per heavy atom. The summed E-state index contributed by atoms with van der Waals surface area (Å²) in [4.78, 5) is 29.1. The predicted molar refractivity (Wildman–Crippen MR) is 123 cm³/mol. The van der Waals surface area contributed by atoms with Crippen molar-refractivity contribution in [2.75, 3.05) is 6.61 Å². The van der Waals surface area contributed by atoms with E-state index in [1.165, 1.54) is 6.92 Å². The van der Waals surface area contributed by atoms with Gasteiger partial charge in [-0.15, -0.1) is 0 Å². The average Bonchev–Trinajstić information content (AvgIpc) is 2.76. The van der Waals surface area contributed by atoms with Gasteiger partial charge in [-0.25, -0.2) is 4.98 Å². The SMILES string of the molecule is CCOC(=O)C1(CCc2ccc3ccc(C(OC(C)=O)C(C)C)nc3c2)CCC(O)CC1. The molecule has 1 aliphatic rings. The van der Waals surface area contributed by atoms with Crippen LogP contribution in [-0.4, -0.2) is 34.7 Å². The molecule has 1 atom stereocenters. The third-order valence-electron chi connectivity index (χ3n) is 6.48. The zero-order chi connectivity index (χ0) is 23.3. The summed E-state index contributed by atoms with van der Waals surface area (Å²) in [6.07, 6.45) is 3.28. The van der Waals surface area contributed by atoms with E-state index in [1.807, 2.05) is 39.0 Å². The van der Waals surface area contributed by atoms with Crippen molar-refractivity contribution in [1.29, 1.82) is 0 Å². The molecule has 32 heavy (non-hydrogen) atoms. The molecule has 3 rings (SSSR count). The van der Waals surface area contributed by atoms with Crippen molar-refractivity contribution in [2.24, 2.45) is 11.3 Å². The molecule has 0 spiro atoms. The van der Waals surface area contributed by atoms with Crippen LogP contribution < -0.4 is 0 Å². The minimum absolute atomic E-state index is 0.109. The van der Waals surface area contributed by atoms with E-state index in [1.54, 1.807) is 0 Å². The highest BCUT2D eigenvalue weighted by Crippen LogP contribution is 2.41. The number of aryl methyl sites for hydroxylation is 1. The minimum Gasteiger partial charge on any atom is -0.466 e. The Hall–Kier alpha value is -2.47. The van der Waals surface area contributed by atoms with E-state index in [0.29, 0.717) is 38.7 Å². The first-order valence-electron chi connectivity index (χ1n) is 11.7. The van der Waals surface area contributed by atoms with E-state index in [2.05, 4.69) is 12.1 Å². The summed E-state index contributed by atoms with van der Waals surface area (Å²) >= 11 is 0. The Morgan fingerprint density at radius 2 is 1.88 bits per heavy atom. The summed E-state index contributed by atoms with van der Waals surface area (Å²) < 4.78 is 10.9. The number of carbonyl (C=O) groups excluding carboxylic acids is 2. The van der Waals surface area contributed by atoms with Crippen molar-refractivity contribution >= 4 is 22.8 Å². The third kappa shape index (κ3) is 5.66. The van der Waals surface area contributed by atoms with Gasteiger partial charge in [0, 0.05) is 12.3 Å². The molecule has 1 saturated carbocycles. The molecule has 0 aliphatic heterocycles. The predicted octanol–water partition coefficient (Wildman–Crippen LogP) is 4.91. The number of esters is 2. The lowest BCUT2D eigenvalue weighted by atomic mass is 9.70. The summed E-state index contributed by atoms with van der Waals surface area (Å²) in [7, 11) is 0. The summed E-state index contributed by atoms with van der Waals surface area (Å²) in [6, 6.07) is 10.1. The molecule has 6 heteroatoms. The van der Waals surface area contributed by atoms with Crippen LogP contribution >= 0.6 is 0 Å². The molecule has 1 heterocycles. The molecule has 174 valence electrons. The van der Waals surface area contributed by atoms with Crippen LogP contribution in [0.25, 0.3) is 10.9 Å². The van der Waals surface area contributed by atoms with Gasteiger partial charge >= 0.3 is 11.9 Å². The standard InChI is InChI=1S/C26H35NO5/c1-5-31-25(30)26(14-11-21(29)12-15-26)13-10-19-6-7-20-8-9-22(27-23(20)16-19)24(17(2)3)32-18(4)28/h6-9,16-17,21,24,29H,5,10-15H2,1-4H3. The zero-order valence-corrected chi connectivity index (χ0v) is 19.6. The third-order valence-corrected chi connectivity index (χ3v) is 6.48. The maximum Gasteiger partial charge on any atom is 0.312 e. The van der Waals surface area contributed by atoms with Crippen molar-refractivity contribution in [3.63, 3.8) is 0 Å². The van der Waals surface area contributed by atoms with Gasteiger partial charge in [-0.3, -0.25) is 9.59 Å². The number of ether oxygens (including phenoxy) is 2. The second-order valence-corrected chi connectivity index (χ2v) is 9.27. The second kappa shape index (κ2) is 10.4. The molecule has 0 saturated heterocycles. The average molecular weight is 442 g/mol. The van der Waals surface area contributed by atoms with Crippen LogP contribution in [0.15, 0.2) is 30.3 Å². The van der Waals surface area contributed by atoms with Crippen molar-refractivity contribution in [3.05, 3.63) is 41.6 Å². The highest BCUT2D eigenvalue weighted by Gasteiger charge is 2.42. The van der Waals surface area contributed by atoms with Crippen molar-refractivity contribution in [1.82, 2.24) is 4.98 Å². The molecule has 6 nitrogen and oxygen atoms in total. The molecular formula is C26H35NO5. The number of nitrogens with zero attached hydrogens (tertiary/aromatic N) is 1. The highest BCUT2D eigenvalue weighted by molar-refractivity contribution is 5.80. The number of fused-ring (bicyclic) bond motifs is 1.